The van der Waals surface area contributed by atoms with E-state index in [-0.39, 0.29) is 17.9 Å². The number of aliphatic carboxylic acids is 1. The van der Waals surface area contributed by atoms with Crippen molar-refractivity contribution in [3.8, 4) is 0 Å². The molecule has 2 amide bonds. The van der Waals surface area contributed by atoms with E-state index in [1.165, 1.54) is 25.7 Å². The van der Waals surface area contributed by atoms with Crippen molar-refractivity contribution >= 4 is 17.8 Å². The van der Waals surface area contributed by atoms with Crippen molar-refractivity contribution in [2.24, 2.45) is 11.3 Å². The minimum absolute atomic E-state index is 0.00683. The van der Waals surface area contributed by atoms with Gasteiger partial charge in [0.2, 0.25) is 11.8 Å². The predicted octanol–water partition coefficient (Wildman–Crippen LogP) is 2.47. The van der Waals surface area contributed by atoms with Crippen LogP contribution in [0.5, 0.6) is 0 Å². The van der Waals surface area contributed by atoms with Crippen LogP contribution in [0.25, 0.3) is 0 Å². The Hall–Kier alpha value is -1.59. The molecule has 0 aromatic heterocycles. The van der Waals surface area contributed by atoms with Crippen molar-refractivity contribution in [1.29, 1.82) is 0 Å². The SMILES string of the molecule is CC(C)(C)CCC(NC(=O)CNC(=O)CCC1CCCC1)C(=O)O. The van der Waals surface area contributed by atoms with E-state index in [9.17, 15) is 19.5 Å². The van der Waals surface area contributed by atoms with Gasteiger partial charge in [-0.3, -0.25) is 9.59 Å². The Kier molecular flexibility index (Phi) is 8.22. The summed E-state index contributed by atoms with van der Waals surface area (Å²) in [7, 11) is 0. The van der Waals surface area contributed by atoms with Crippen LogP contribution in [-0.4, -0.2) is 35.5 Å². The molecule has 0 radical (unpaired) electrons. The summed E-state index contributed by atoms with van der Waals surface area (Å²) in [5.41, 5.74) is 0.00683. The number of hydrogen-bond donors (Lipinski definition) is 3. The van der Waals surface area contributed by atoms with Gasteiger partial charge in [0.05, 0.1) is 6.54 Å². The molecular weight excluding hydrogens is 308 g/mol. The van der Waals surface area contributed by atoms with Crippen molar-refractivity contribution in [1.82, 2.24) is 10.6 Å². The molecule has 1 rings (SSSR count). The maximum absolute atomic E-state index is 11.9. The molecule has 6 heteroatoms. The number of carbonyl (C=O) groups excluding carboxylic acids is 2. The standard InChI is InChI=1S/C18H32N2O4/c1-18(2,3)11-10-14(17(23)24)20-16(22)12-19-15(21)9-8-13-6-4-5-7-13/h13-14H,4-12H2,1-3H3,(H,19,21)(H,20,22)(H,23,24). The number of carboxylic acids is 1. The van der Waals surface area contributed by atoms with Crippen LogP contribution in [0.2, 0.25) is 0 Å². The Bertz CT molecular complexity index is 437. The van der Waals surface area contributed by atoms with Gasteiger partial charge in [-0.1, -0.05) is 46.5 Å². The normalized spacial score (nSPS) is 16.6. The van der Waals surface area contributed by atoms with E-state index in [1.54, 1.807) is 0 Å². The lowest BCUT2D eigenvalue weighted by Crippen LogP contribution is -2.45. The Morgan fingerprint density at radius 3 is 2.29 bits per heavy atom. The van der Waals surface area contributed by atoms with Crippen LogP contribution in [-0.2, 0) is 14.4 Å². The van der Waals surface area contributed by atoms with E-state index in [0.29, 0.717) is 25.2 Å². The highest BCUT2D eigenvalue weighted by Crippen LogP contribution is 2.28. The van der Waals surface area contributed by atoms with E-state index >= 15 is 0 Å². The Labute approximate surface area is 144 Å². The van der Waals surface area contributed by atoms with Gasteiger partial charge >= 0.3 is 5.97 Å². The molecule has 0 spiro atoms. The maximum atomic E-state index is 11.9. The average Bonchev–Trinajstić information content (AvgIpc) is 2.99. The quantitative estimate of drug-likeness (QED) is 0.601. The molecule has 0 saturated heterocycles. The molecule has 138 valence electrons. The van der Waals surface area contributed by atoms with E-state index < -0.39 is 17.9 Å². The van der Waals surface area contributed by atoms with Gasteiger partial charge in [0, 0.05) is 6.42 Å². The highest BCUT2D eigenvalue weighted by molar-refractivity contribution is 5.87. The molecule has 0 aliphatic heterocycles. The Balaban J connectivity index is 2.26. The first-order chi connectivity index (χ1) is 11.2. The van der Waals surface area contributed by atoms with Gasteiger partial charge in [0.15, 0.2) is 0 Å². The summed E-state index contributed by atoms with van der Waals surface area (Å²) in [6, 6.07) is -0.910. The zero-order chi connectivity index (χ0) is 18.2. The molecule has 0 aromatic rings. The number of nitrogens with one attached hydrogen (secondary N) is 2. The number of rotatable bonds is 9. The van der Waals surface area contributed by atoms with Crippen molar-refractivity contribution in [3.05, 3.63) is 0 Å². The van der Waals surface area contributed by atoms with Gasteiger partial charge in [-0.25, -0.2) is 4.79 Å². The Morgan fingerprint density at radius 2 is 1.75 bits per heavy atom. The predicted molar refractivity (Wildman–Crippen MR) is 92.5 cm³/mol. The number of carbonyl (C=O) groups is 3. The second kappa shape index (κ2) is 9.64. The first-order valence-corrected chi connectivity index (χ1v) is 8.96. The van der Waals surface area contributed by atoms with Gasteiger partial charge in [-0.2, -0.15) is 0 Å². The lowest BCUT2D eigenvalue weighted by atomic mass is 9.88. The summed E-state index contributed by atoms with van der Waals surface area (Å²) in [6.07, 6.45) is 7.27. The molecule has 1 saturated carbocycles. The van der Waals surface area contributed by atoms with Crippen molar-refractivity contribution in [2.75, 3.05) is 6.54 Å². The van der Waals surface area contributed by atoms with Crippen molar-refractivity contribution in [2.45, 2.75) is 78.2 Å². The largest absolute Gasteiger partial charge is 0.480 e. The zero-order valence-electron chi connectivity index (χ0n) is 15.2. The number of amides is 2. The molecule has 1 aliphatic carbocycles. The molecule has 1 aliphatic rings. The lowest BCUT2D eigenvalue weighted by Gasteiger charge is -2.21. The van der Waals surface area contributed by atoms with Crippen LogP contribution in [0.1, 0.15) is 72.1 Å². The fourth-order valence-corrected chi connectivity index (χ4v) is 2.98. The van der Waals surface area contributed by atoms with Crippen molar-refractivity contribution < 1.29 is 19.5 Å². The van der Waals surface area contributed by atoms with Crippen molar-refractivity contribution in [3.63, 3.8) is 0 Å². The number of carboxylic acid groups (broad SMARTS) is 1. The second-order valence-electron chi connectivity index (χ2n) is 8.02. The second-order valence-corrected chi connectivity index (χ2v) is 8.02. The third kappa shape index (κ3) is 8.89. The number of hydrogen-bond acceptors (Lipinski definition) is 3. The van der Waals surface area contributed by atoms with Gasteiger partial charge < -0.3 is 15.7 Å². The summed E-state index contributed by atoms with van der Waals surface area (Å²) in [5.74, 6) is -0.998. The van der Waals surface area contributed by atoms with Gasteiger partial charge in [0.1, 0.15) is 6.04 Å². The lowest BCUT2D eigenvalue weighted by molar-refractivity contribution is -0.142. The van der Waals surface area contributed by atoms with E-state index in [0.717, 1.165) is 6.42 Å². The highest BCUT2D eigenvalue weighted by atomic mass is 16.4. The van der Waals surface area contributed by atoms with Gasteiger partial charge in [-0.05, 0) is 30.6 Å². The topological polar surface area (TPSA) is 95.5 Å². The van der Waals surface area contributed by atoms with Crippen LogP contribution in [0.4, 0.5) is 0 Å². The summed E-state index contributed by atoms with van der Waals surface area (Å²) < 4.78 is 0. The third-order valence-corrected chi connectivity index (χ3v) is 4.52. The highest BCUT2D eigenvalue weighted by Gasteiger charge is 2.23. The molecule has 0 heterocycles. The fourth-order valence-electron chi connectivity index (χ4n) is 2.98. The minimum atomic E-state index is -1.04. The maximum Gasteiger partial charge on any atom is 0.326 e. The molecule has 1 unspecified atom stereocenters. The minimum Gasteiger partial charge on any atom is -0.480 e. The van der Waals surface area contributed by atoms with Gasteiger partial charge in [-0.15, -0.1) is 0 Å². The van der Waals surface area contributed by atoms with Gasteiger partial charge in [0.25, 0.3) is 0 Å². The first kappa shape index (κ1) is 20.5. The zero-order valence-corrected chi connectivity index (χ0v) is 15.2. The van der Waals surface area contributed by atoms with Crippen LogP contribution >= 0.6 is 0 Å². The summed E-state index contributed by atoms with van der Waals surface area (Å²) >= 11 is 0. The first-order valence-electron chi connectivity index (χ1n) is 8.96. The molecule has 3 N–H and O–H groups in total. The van der Waals surface area contributed by atoms with Crippen LogP contribution in [0.15, 0.2) is 0 Å². The molecule has 0 bridgehead atoms. The molecule has 24 heavy (non-hydrogen) atoms. The summed E-state index contributed by atoms with van der Waals surface area (Å²) in [6.45, 7) is 5.91. The molecule has 0 aromatic carbocycles. The summed E-state index contributed by atoms with van der Waals surface area (Å²) in [5, 5.41) is 14.3. The molecule has 1 fully saturated rings. The van der Waals surface area contributed by atoms with Crippen LogP contribution < -0.4 is 10.6 Å². The fraction of sp³-hybridized carbons (Fsp3) is 0.833. The monoisotopic (exact) mass is 340 g/mol. The molecular formula is C18H32N2O4. The summed E-state index contributed by atoms with van der Waals surface area (Å²) in [4.78, 5) is 34.9. The Morgan fingerprint density at radius 1 is 1.12 bits per heavy atom. The third-order valence-electron chi connectivity index (χ3n) is 4.52. The van der Waals surface area contributed by atoms with E-state index in [4.69, 9.17) is 0 Å². The molecule has 6 nitrogen and oxygen atoms in total. The van der Waals surface area contributed by atoms with E-state index in [1.807, 2.05) is 20.8 Å². The van der Waals surface area contributed by atoms with Crippen LogP contribution in [0, 0.1) is 11.3 Å². The average molecular weight is 340 g/mol. The van der Waals surface area contributed by atoms with Crippen LogP contribution in [0.3, 0.4) is 0 Å². The van der Waals surface area contributed by atoms with E-state index in [2.05, 4.69) is 10.6 Å². The molecule has 1 atom stereocenters. The smallest absolute Gasteiger partial charge is 0.326 e.